The highest BCUT2D eigenvalue weighted by atomic mass is 32.2. The topological polar surface area (TPSA) is 92.9 Å². The molecule has 0 radical (unpaired) electrons. The van der Waals surface area contributed by atoms with Crippen molar-refractivity contribution in [3.8, 4) is 27.3 Å². The van der Waals surface area contributed by atoms with Gasteiger partial charge < -0.3 is 19.8 Å². The molecule has 1 unspecified atom stereocenters. The maximum absolute atomic E-state index is 14.0. The largest absolute Gasteiger partial charge is 0.871 e. The maximum Gasteiger partial charge on any atom is 0.335 e. The van der Waals surface area contributed by atoms with Gasteiger partial charge in [0.05, 0.1) is 29.0 Å². The fourth-order valence-electron chi connectivity index (χ4n) is 10.6. The third-order valence-electron chi connectivity index (χ3n) is 15.0. The van der Waals surface area contributed by atoms with Crippen LogP contribution in [-0.2, 0) is 10.2 Å². The van der Waals surface area contributed by atoms with Gasteiger partial charge in [-0.3, -0.25) is 4.79 Å². The molecule has 4 aromatic carbocycles. The van der Waals surface area contributed by atoms with Gasteiger partial charge in [0.2, 0.25) is 5.69 Å². The van der Waals surface area contributed by atoms with Gasteiger partial charge in [0, 0.05) is 70.8 Å². The summed E-state index contributed by atoms with van der Waals surface area (Å²) in [6, 6.07) is 31.9. The van der Waals surface area contributed by atoms with Crippen LogP contribution in [0.2, 0.25) is 0 Å². The zero-order valence-electron chi connectivity index (χ0n) is 43.0. The number of hydrogen-bond donors (Lipinski definition) is 1. The Morgan fingerprint density at radius 3 is 2.04 bits per heavy atom. The summed E-state index contributed by atoms with van der Waals surface area (Å²) in [5.74, 6) is 0.0981. The number of carboxylic acids is 1. The minimum absolute atomic E-state index is 0.200. The number of ketones is 1. The molecule has 1 atom stereocenters. The van der Waals surface area contributed by atoms with Gasteiger partial charge in [0.25, 0.3) is 0 Å². The van der Waals surface area contributed by atoms with E-state index in [1.54, 1.807) is 29.5 Å². The fourth-order valence-corrected chi connectivity index (χ4v) is 14.2. The van der Waals surface area contributed by atoms with Crippen molar-refractivity contribution in [3.63, 3.8) is 0 Å². The van der Waals surface area contributed by atoms with E-state index in [9.17, 15) is 19.8 Å². The number of unbranched alkanes of at least 4 members (excludes halogenated alkanes) is 9. The Labute approximate surface area is 439 Å². The first-order chi connectivity index (χ1) is 34.9. The van der Waals surface area contributed by atoms with Gasteiger partial charge in [-0.05, 0) is 116 Å². The average molecular weight is 1020 g/mol. The van der Waals surface area contributed by atoms with Crippen LogP contribution in [0.5, 0.6) is 5.75 Å². The normalized spacial score (nSPS) is 15.8. The number of ether oxygens (including phenoxy) is 1. The minimum atomic E-state index is -0.974. The van der Waals surface area contributed by atoms with E-state index < -0.39 is 11.4 Å². The number of rotatable bonds is 24. The van der Waals surface area contributed by atoms with E-state index in [0.717, 1.165) is 94.4 Å². The Kier molecular flexibility index (Phi) is 16.3. The molecule has 72 heavy (non-hydrogen) atoms. The summed E-state index contributed by atoms with van der Waals surface area (Å²) in [5.41, 5.74) is 8.83. The lowest BCUT2D eigenvalue weighted by Gasteiger charge is -2.33. The predicted molar refractivity (Wildman–Crippen MR) is 301 cm³/mol. The first kappa shape index (κ1) is 51.5. The summed E-state index contributed by atoms with van der Waals surface area (Å²) >= 11 is 5.06. The van der Waals surface area contributed by atoms with E-state index in [0.29, 0.717) is 10.8 Å². The van der Waals surface area contributed by atoms with E-state index in [4.69, 9.17) is 4.74 Å². The molecule has 3 aliphatic rings. The highest BCUT2D eigenvalue weighted by molar-refractivity contribution is 7.99. The van der Waals surface area contributed by atoms with Crippen LogP contribution in [0.25, 0.3) is 36.5 Å². The minimum Gasteiger partial charge on any atom is -0.871 e. The van der Waals surface area contributed by atoms with Gasteiger partial charge in [-0.1, -0.05) is 134 Å². The number of allylic oxidation sites excluding steroid dienone is 3. The van der Waals surface area contributed by atoms with Crippen molar-refractivity contribution in [2.24, 2.45) is 5.92 Å². The van der Waals surface area contributed by atoms with Crippen molar-refractivity contribution in [2.45, 2.75) is 147 Å². The van der Waals surface area contributed by atoms with Gasteiger partial charge in [-0.2, -0.15) is 4.58 Å². The molecule has 0 bridgehead atoms. The lowest BCUT2D eigenvalue weighted by Crippen LogP contribution is -2.33. The SMILES string of the molecule is CCCCCCCC[N+]1=C(C=C2C(=O)C(c3cc4sc(-c5ccc6c(c5)Sc5cc(-c7ccc(OCC(CC)CCCC)cc7)ccc5N6CCCCCC)cc4s3)=C2[O-])C(C)(C)c2cc(C(=O)O)ccc21. The average Bonchev–Trinajstić information content (AvgIpc) is 4.03. The molecule has 1 N–H and O–H groups in total. The highest BCUT2D eigenvalue weighted by Gasteiger charge is 2.46. The molecule has 0 saturated carbocycles. The Morgan fingerprint density at radius 1 is 0.736 bits per heavy atom. The Morgan fingerprint density at radius 2 is 1.36 bits per heavy atom. The molecule has 2 aromatic heterocycles. The molecule has 2 aliphatic heterocycles. The number of thiophene rings is 2. The van der Waals surface area contributed by atoms with Gasteiger partial charge in [0.15, 0.2) is 11.5 Å². The lowest BCUT2D eigenvalue weighted by molar-refractivity contribution is -0.438. The van der Waals surface area contributed by atoms with Gasteiger partial charge >= 0.3 is 5.97 Å². The van der Waals surface area contributed by atoms with Crippen LogP contribution >= 0.6 is 34.4 Å². The zero-order valence-corrected chi connectivity index (χ0v) is 45.5. The summed E-state index contributed by atoms with van der Waals surface area (Å²) in [5, 5.41) is 23.9. The van der Waals surface area contributed by atoms with Crippen LogP contribution in [-0.4, -0.2) is 46.8 Å². The summed E-state index contributed by atoms with van der Waals surface area (Å²) in [6.07, 6.45) is 18.2. The summed E-state index contributed by atoms with van der Waals surface area (Å²) in [7, 11) is 0. The second kappa shape index (κ2) is 22.8. The number of anilines is 2. The molecule has 0 fully saturated rings. The standard InChI is InChI=1S/C62H70N2O5S3/c1-7-11-14-16-17-19-32-64-48-28-25-44(61(67)68)33-47(48)62(5,6)57(64)36-46-59(65)58(60(46)66)56-38-55-54(72-56)37-51(70-55)43-24-30-50-53(35-43)71-52-34-42(23-29-49(52)63(50)31-18-15-12-8-2)41-21-26-45(27-22-41)69-39-40(10-4)20-13-9-3/h21-30,33-38,40H,7-20,31-32,39H2,1-6H3,(H-,65,66,67,68). The van der Waals surface area contributed by atoms with Crippen LogP contribution in [0.3, 0.4) is 0 Å². The summed E-state index contributed by atoms with van der Waals surface area (Å²) in [6.45, 7) is 15.6. The van der Waals surface area contributed by atoms with Crippen molar-refractivity contribution in [1.29, 1.82) is 0 Å². The van der Waals surface area contributed by atoms with E-state index in [-0.39, 0.29) is 28.3 Å². The number of carbonyl (C=O) groups is 2. The number of nitrogens with zero attached hydrogens (tertiary/aromatic N) is 2. The number of carboxylic acid groups (broad SMARTS) is 1. The van der Waals surface area contributed by atoms with Crippen LogP contribution in [0.15, 0.2) is 118 Å². The molecule has 4 heterocycles. The van der Waals surface area contributed by atoms with E-state index >= 15 is 0 Å². The Bertz CT molecular complexity index is 3030. The third kappa shape index (κ3) is 10.6. The van der Waals surface area contributed by atoms with E-state index in [1.165, 1.54) is 101 Å². The highest BCUT2D eigenvalue weighted by Crippen LogP contribution is 2.52. The van der Waals surface area contributed by atoms with E-state index in [2.05, 4.69) is 118 Å². The third-order valence-corrected chi connectivity index (χ3v) is 18.5. The molecule has 376 valence electrons. The zero-order chi connectivity index (χ0) is 50.5. The van der Waals surface area contributed by atoms with Crippen LogP contribution in [0.4, 0.5) is 17.1 Å². The van der Waals surface area contributed by atoms with Crippen molar-refractivity contribution in [1.82, 2.24) is 0 Å². The van der Waals surface area contributed by atoms with Crippen molar-refractivity contribution in [3.05, 3.63) is 124 Å². The molecular formula is C62H70N2O5S3. The molecule has 0 spiro atoms. The van der Waals surface area contributed by atoms with Crippen molar-refractivity contribution >= 4 is 83.9 Å². The first-order valence-electron chi connectivity index (χ1n) is 26.7. The second-order valence-electron chi connectivity index (χ2n) is 20.4. The molecule has 0 saturated heterocycles. The number of aromatic carboxylic acids is 1. The molecule has 7 nitrogen and oxygen atoms in total. The number of fused-ring (bicyclic) bond motifs is 4. The molecule has 0 amide bonds. The van der Waals surface area contributed by atoms with Crippen LogP contribution < -0.4 is 14.7 Å². The monoisotopic (exact) mass is 1020 g/mol. The molecule has 9 rings (SSSR count). The maximum atomic E-state index is 14.0. The van der Waals surface area contributed by atoms with Gasteiger partial charge in [0.1, 0.15) is 12.3 Å². The fraction of sp³-hybridized carbons (Fsp3) is 0.403. The van der Waals surface area contributed by atoms with Gasteiger partial charge in [-0.25, -0.2) is 4.79 Å². The molecule has 10 heteroatoms. The number of benzene rings is 4. The first-order valence-corrected chi connectivity index (χ1v) is 29.1. The molecule has 6 aromatic rings. The Balaban J connectivity index is 0.951. The molecular weight excluding hydrogens is 949 g/mol. The summed E-state index contributed by atoms with van der Waals surface area (Å²) < 4.78 is 10.6. The molecule has 1 aliphatic carbocycles. The Hall–Kier alpha value is -5.42. The van der Waals surface area contributed by atoms with Gasteiger partial charge in [-0.15, -0.1) is 22.7 Å². The van der Waals surface area contributed by atoms with Crippen LogP contribution in [0.1, 0.15) is 152 Å². The number of Topliss-reactive ketones (excluding diaryl/α,β-unsaturated/α-hetero) is 1. The number of carbonyl (C=O) groups excluding carboxylic acids is 1. The smallest absolute Gasteiger partial charge is 0.335 e. The lowest BCUT2D eigenvalue weighted by atomic mass is 9.78. The van der Waals surface area contributed by atoms with Crippen molar-refractivity contribution < 1.29 is 29.1 Å². The van der Waals surface area contributed by atoms with E-state index in [1.807, 2.05) is 23.9 Å². The predicted octanol–water partition coefficient (Wildman–Crippen LogP) is 16.8. The quantitative estimate of drug-likeness (QED) is 0.0367. The van der Waals surface area contributed by atoms with Crippen LogP contribution in [0, 0.1) is 5.92 Å². The van der Waals surface area contributed by atoms with Crippen molar-refractivity contribution in [2.75, 3.05) is 24.6 Å². The number of hydrogen-bond acceptors (Lipinski definition) is 8. The summed E-state index contributed by atoms with van der Waals surface area (Å²) in [4.78, 5) is 32.9. The second-order valence-corrected chi connectivity index (χ2v) is 23.7.